The van der Waals surface area contributed by atoms with E-state index in [-0.39, 0.29) is 0 Å². The molecule has 0 radical (unpaired) electrons. The second kappa shape index (κ2) is 4.29. The van der Waals surface area contributed by atoms with Gasteiger partial charge in [-0.1, -0.05) is 6.08 Å². The van der Waals surface area contributed by atoms with E-state index in [0.717, 1.165) is 5.71 Å². The van der Waals surface area contributed by atoms with Gasteiger partial charge in [-0.05, 0) is 33.8 Å². The molecule has 0 rings (SSSR count). The second-order valence-corrected chi connectivity index (χ2v) is 2.92. The molecule has 2 nitrogen and oxygen atoms in total. The third-order valence-corrected chi connectivity index (χ3v) is 1.28. The topological polar surface area (TPSA) is 32.6 Å². The second-order valence-electron chi connectivity index (χ2n) is 2.92. The van der Waals surface area contributed by atoms with Gasteiger partial charge in [-0.25, -0.2) is 0 Å². The predicted octanol–water partition coefficient (Wildman–Crippen LogP) is 1.79. The molecule has 0 unspecified atom stereocenters. The number of hydrogen-bond acceptors (Lipinski definition) is 2. The van der Waals surface area contributed by atoms with E-state index in [9.17, 15) is 5.11 Å². The molecule has 0 aliphatic heterocycles. The van der Waals surface area contributed by atoms with E-state index in [0.29, 0.717) is 6.54 Å². The van der Waals surface area contributed by atoms with Gasteiger partial charge in [0, 0.05) is 6.54 Å². The summed E-state index contributed by atoms with van der Waals surface area (Å²) in [6.45, 7) is 8.05. The van der Waals surface area contributed by atoms with Crippen molar-refractivity contribution in [3.63, 3.8) is 0 Å². The highest BCUT2D eigenvalue weighted by atomic mass is 16.3. The minimum Gasteiger partial charge on any atom is -0.384 e. The zero-order valence-electron chi connectivity index (χ0n) is 7.76. The SMILES string of the molecule is C/C=C\C(=NCC)C(C)(C)O. The standard InChI is InChI=1S/C9H17NO/c1-5-7-8(10-6-2)9(3,4)11/h5,7,11H,6H2,1-4H3/b7-5-,10-8?. The average molecular weight is 155 g/mol. The van der Waals surface area contributed by atoms with Crippen LogP contribution in [0.4, 0.5) is 0 Å². The molecule has 0 heterocycles. The average Bonchev–Trinajstić information content (AvgIpc) is 1.85. The van der Waals surface area contributed by atoms with Crippen molar-refractivity contribution in [2.45, 2.75) is 33.3 Å². The molecule has 0 saturated heterocycles. The molecule has 0 atom stereocenters. The van der Waals surface area contributed by atoms with E-state index in [1.54, 1.807) is 13.8 Å². The molecule has 0 aromatic rings. The van der Waals surface area contributed by atoms with Crippen LogP contribution in [0.5, 0.6) is 0 Å². The van der Waals surface area contributed by atoms with E-state index >= 15 is 0 Å². The summed E-state index contributed by atoms with van der Waals surface area (Å²) < 4.78 is 0. The fourth-order valence-corrected chi connectivity index (χ4v) is 0.778. The van der Waals surface area contributed by atoms with Crippen molar-refractivity contribution in [2.24, 2.45) is 4.99 Å². The smallest absolute Gasteiger partial charge is 0.100 e. The van der Waals surface area contributed by atoms with Crippen LogP contribution in [0.2, 0.25) is 0 Å². The van der Waals surface area contributed by atoms with E-state index in [2.05, 4.69) is 4.99 Å². The number of hydrogen-bond donors (Lipinski definition) is 1. The van der Waals surface area contributed by atoms with Crippen LogP contribution in [-0.2, 0) is 0 Å². The van der Waals surface area contributed by atoms with Crippen molar-refractivity contribution in [2.75, 3.05) is 6.54 Å². The van der Waals surface area contributed by atoms with E-state index in [1.165, 1.54) is 0 Å². The van der Waals surface area contributed by atoms with Crippen molar-refractivity contribution in [1.29, 1.82) is 0 Å². The Kier molecular flexibility index (Phi) is 4.04. The Balaban J connectivity index is 4.48. The van der Waals surface area contributed by atoms with Crippen LogP contribution in [0.15, 0.2) is 17.1 Å². The largest absolute Gasteiger partial charge is 0.384 e. The van der Waals surface area contributed by atoms with Crippen LogP contribution in [0, 0.1) is 0 Å². The van der Waals surface area contributed by atoms with Crippen LogP contribution in [0.25, 0.3) is 0 Å². The van der Waals surface area contributed by atoms with Gasteiger partial charge in [0.15, 0.2) is 0 Å². The van der Waals surface area contributed by atoms with Gasteiger partial charge < -0.3 is 5.11 Å². The fourth-order valence-electron chi connectivity index (χ4n) is 0.778. The molecule has 0 amide bonds. The maximum absolute atomic E-state index is 9.56. The van der Waals surface area contributed by atoms with Crippen LogP contribution in [-0.4, -0.2) is 23.0 Å². The fraction of sp³-hybridized carbons (Fsp3) is 0.667. The third kappa shape index (κ3) is 3.94. The summed E-state index contributed by atoms with van der Waals surface area (Å²) in [5, 5.41) is 9.56. The summed E-state index contributed by atoms with van der Waals surface area (Å²) in [6, 6.07) is 0. The van der Waals surface area contributed by atoms with Gasteiger partial charge >= 0.3 is 0 Å². The van der Waals surface area contributed by atoms with Crippen molar-refractivity contribution in [3.8, 4) is 0 Å². The molecule has 2 heteroatoms. The Morgan fingerprint density at radius 2 is 2.09 bits per heavy atom. The molecule has 0 spiro atoms. The summed E-state index contributed by atoms with van der Waals surface area (Å²) in [4.78, 5) is 4.16. The van der Waals surface area contributed by atoms with E-state index < -0.39 is 5.60 Å². The first-order valence-electron chi connectivity index (χ1n) is 3.92. The van der Waals surface area contributed by atoms with Crippen LogP contribution in [0.1, 0.15) is 27.7 Å². The number of aliphatic imine (C=N–C) groups is 1. The molecule has 1 N–H and O–H groups in total. The molecule has 0 bridgehead atoms. The lowest BCUT2D eigenvalue weighted by atomic mass is 10.0. The summed E-state index contributed by atoms with van der Waals surface area (Å²) in [6.07, 6.45) is 3.72. The Hall–Kier alpha value is -0.630. The normalized spacial score (nSPS) is 14.5. The third-order valence-electron chi connectivity index (χ3n) is 1.28. The minimum atomic E-state index is -0.817. The number of nitrogens with zero attached hydrogens (tertiary/aromatic N) is 1. The van der Waals surface area contributed by atoms with Gasteiger partial charge in [0.2, 0.25) is 0 Å². The summed E-state index contributed by atoms with van der Waals surface area (Å²) in [5.41, 5.74) is -0.0785. The Morgan fingerprint density at radius 1 is 1.55 bits per heavy atom. The Labute approximate surface area is 68.7 Å². The summed E-state index contributed by atoms with van der Waals surface area (Å²) >= 11 is 0. The molecule has 0 aromatic carbocycles. The van der Waals surface area contributed by atoms with Gasteiger partial charge in [-0.2, -0.15) is 0 Å². The maximum atomic E-state index is 9.56. The number of allylic oxidation sites excluding steroid dienone is 1. The summed E-state index contributed by atoms with van der Waals surface area (Å²) in [5.74, 6) is 0. The monoisotopic (exact) mass is 155 g/mol. The van der Waals surface area contributed by atoms with Crippen molar-refractivity contribution >= 4 is 5.71 Å². The zero-order chi connectivity index (χ0) is 8.91. The van der Waals surface area contributed by atoms with Crippen LogP contribution >= 0.6 is 0 Å². The molecule has 0 aliphatic rings. The predicted molar refractivity (Wildman–Crippen MR) is 49.1 cm³/mol. The van der Waals surface area contributed by atoms with Crippen LogP contribution in [0.3, 0.4) is 0 Å². The first-order chi connectivity index (χ1) is 5.02. The van der Waals surface area contributed by atoms with E-state index in [1.807, 2.05) is 26.0 Å². The molecule has 0 fully saturated rings. The molecule has 64 valence electrons. The molecular formula is C9H17NO. The Morgan fingerprint density at radius 3 is 2.36 bits per heavy atom. The zero-order valence-corrected chi connectivity index (χ0v) is 7.76. The number of aliphatic hydroxyl groups is 1. The van der Waals surface area contributed by atoms with Crippen LogP contribution < -0.4 is 0 Å². The van der Waals surface area contributed by atoms with Gasteiger partial charge in [0.25, 0.3) is 0 Å². The molecular weight excluding hydrogens is 138 g/mol. The van der Waals surface area contributed by atoms with Crippen molar-refractivity contribution in [3.05, 3.63) is 12.2 Å². The van der Waals surface area contributed by atoms with E-state index in [4.69, 9.17) is 0 Å². The lowest BCUT2D eigenvalue weighted by Crippen LogP contribution is -2.29. The highest BCUT2D eigenvalue weighted by Gasteiger charge is 2.17. The molecule has 0 aliphatic carbocycles. The van der Waals surface area contributed by atoms with Gasteiger partial charge in [0.1, 0.15) is 5.60 Å². The lowest BCUT2D eigenvalue weighted by molar-refractivity contribution is 0.154. The first-order valence-corrected chi connectivity index (χ1v) is 3.92. The van der Waals surface area contributed by atoms with Gasteiger partial charge in [0.05, 0.1) is 5.71 Å². The van der Waals surface area contributed by atoms with Gasteiger partial charge in [-0.15, -0.1) is 0 Å². The molecule has 0 aromatic heterocycles. The highest BCUT2D eigenvalue weighted by Crippen LogP contribution is 2.05. The van der Waals surface area contributed by atoms with Crippen molar-refractivity contribution < 1.29 is 5.11 Å². The quantitative estimate of drug-likeness (QED) is 0.619. The Bertz CT molecular complexity index is 163. The highest BCUT2D eigenvalue weighted by molar-refractivity contribution is 6.00. The minimum absolute atomic E-state index is 0.712. The molecule has 11 heavy (non-hydrogen) atoms. The summed E-state index contributed by atoms with van der Waals surface area (Å²) in [7, 11) is 0. The molecule has 0 saturated carbocycles. The maximum Gasteiger partial charge on any atom is 0.100 e. The van der Waals surface area contributed by atoms with Crippen molar-refractivity contribution in [1.82, 2.24) is 0 Å². The van der Waals surface area contributed by atoms with Gasteiger partial charge in [-0.3, -0.25) is 4.99 Å². The number of rotatable bonds is 3. The first kappa shape index (κ1) is 10.4. The lowest BCUT2D eigenvalue weighted by Gasteiger charge is -2.17.